The third-order valence-corrected chi connectivity index (χ3v) is 4.51. The van der Waals surface area contributed by atoms with Gasteiger partial charge in [-0.05, 0) is 30.2 Å². The largest absolute Gasteiger partial charge is 0.355 e. The normalized spacial score (nSPS) is 11.1. The smallest absolute Gasteiger partial charge is 0.224 e. The van der Waals surface area contributed by atoms with Crippen LogP contribution in [-0.4, -0.2) is 10.9 Å². The van der Waals surface area contributed by atoms with Crippen molar-refractivity contribution in [1.29, 1.82) is 0 Å². The molecular formula is C22H20N2O. The molecule has 0 bridgehead atoms. The Bertz CT molecular complexity index is 1060. The first-order chi connectivity index (χ1) is 12.2. The Labute approximate surface area is 146 Å². The number of rotatable bonds is 4. The van der Waals surface area contributed by atoms with Crippen LogP contribution in [0.4, 0.5) is 0 Å². The number of hydrogen-bond donors (Lipinski definition) is 2. The van der Waals surface area contributed by atoms with Gasteiger partial charge in [-0.3, -0.25) is 4.79 Å². The number of amides is 1. The number of para-hydroxylation sites is 1. The monoisotopic (exact) mass is 328 g/mol. The summed E-state index contributed by atoms with van der Waals surface area (Å²) in [5, 5.41) is 5.41. The quantitative estimate of drug-likeness (QED) is 0.570. The van der Waals surface area contributed by atoms with Crippen molar-refractivity contribution in [2.45, 2.75) is 19.9 Å². The van der Waals surface area contributed by atoms with Gasteiger partial charge in [-0.1, -0.05) is 60.2 Å². The molecule has 2 N–H and O–H groups in total. The van der Waals surface area contributed by atoms with E-state index in [-0.39, 0.29) is 5.91 Å². The van der Waals surface area contributed by atoms with E-state index >= 15 is 0 Å². The van der Waals surface area contributed by atoms with Crippen LogP contribution in [0.2, 0.25) is 0 Å². The molecule has 0 radical (unpaired) electrons. The van der Waals surface area contributed by atoms with Crippen LogP contribution < -0.4 is 5.32 Å². The van der Waals surface area contributed by atoms with E-state index in [1.54, 1.807) is 0 Å². The Balaban J connectivity index is 1.48. The molecule has 0 atom stereocenters. The standard InChI is InChI=1S/C22H20N2O/c1-15-5-4-6-17(11-15)14-23-22(25)13-16-9-10-19-18-7-2-3-8-20(18)24-21(19)12-16/h2-12,24H,13-14H2,1H3,(H,23,25). The SMILES string of the molecule is Cc1cccc(CNC(=O)Cc2ccc3c(c2)[nH]c2ccccc23)c1. The lowest BCUT2D eigenvalue weighted by molar-refractivity contribution is -0.120. The van der Waals surface area contributed by atoms with Crippen LogP contribution in [0, 0.1) is 6.92 Å². The van der Waals surface area contributed by atoms with E-state index in [1.165, 1.54) is 16.3 Å². The average Bonchev–Trinajstić information content (AvgIpc) is 2.98. The maximum absolute atomic E-state index is 12.3. The van der Waals surface area contributed by atoms with Crippen LogP contribution >= 0.6 is 0 Å². The molecule has 4 rings (SSSR count). The molecule has 3 heteroatoms. The highest BCUT2D eigenvalue weighted by Gasteiger charge is 2.07. The number of hydrogen-bond acceptors (Lipinski definition) is 1. The van der Waals surface area contributed by atoms with E-state index in [2.05, 4.69) is 53.6 Å². The summed E-state index contributed by atoms with van der Waals surface area (Å²) in [6, 6.07) is 22.7. The van der Waals surface area contributed by atoms with Crippen molar-refractivity contribution >= 4 is 27.7 Å². The second kappa shape index (κ2) is 6.44. The van der Waals surface area contributed by atoms with Crippen molar-refractivity contribution in [3.05, 3.63) is 83.4 Å². The molecule has 1 amide bonds. The number of aromatic nitrogens is 1. The topological polar surface area (TPSA) is 44.9 Å². The summed E-state index contributed by atoms with van der Waals surface area (Å²) in [5.41, 5.74) is 5.54. The van der Waals surface area contributed by atoms with Gasteiger partial charge in [-0.2, -0.15) is 0 Å². The van der Waals surface area contributed by atoms with Crippen molar-refractivity contribution in [2.24, 2.45) is 0 Å². The van der Waals surface area contributed by atoms with Crippen LogP contribution in [0.3, 0.4) is 0 Å². The number of carbonyl (C=O) groups excluding carboxylic acids is 1. The fourth-order valence-electron chi connectivity index (χ4n) is 3.28. The maximum atomic E-state index is 12.3. The van der Waals surface area contributed by atoms with Crippen molar-refractivity contribution in [3.8, 4) is 0 Å². The molecule has 0 unspecified atom stereocenters. The Kier molecular flexibility index (Phi) is 3.98. The third kappa shape index (κ3) is 3.26. The van der Waals surface area contributed by atoms with E-state index in [9.17, 15) is 4.79 Å². The minimum absolute atomic E-state index is 0.0389. The highest BCUT2D eigenvalue weighted by molar-refractivity contribution is 6.07. The van der Waals surface area contributed by atoms with Crippen LogP contribution in [0.1, 0.15) is 16.7 Å². The van der Waals surface area contributed by atoms with Crippen molar-refractivity contribution < 1.29 is 4.79 Å². The van der Waals surface area contributed by atoms with E-state index in [4.69, 9.17) is 0 Å². The predicted octanol–water partition coefficient (Wildman–Crippen LogP) is 4.49. The molecule has 124 valence electrons. The maximum Gasteiger partial charge on any atom is 0.224 e. The van der Waals surface area contributed by atoms with Gasteiger partial charge in [0.2, 0.25) is 5.91 Å². The Morgan fingerprint density at radius 2 is 1.72 bits per heavy atom. The first-order valence-corrected chi connectivity index (χ1v) is 8.51. The summed E-state index contributed by atoms with van der Waals surface area (Å²) < 4.78 is 0. The van der Waals surface area contributed by atoms with Gasteiger partial charge in [0.25, 0.3) is 0 Å². The molecule has 0 aliphatic heterocycles. The van der Waals surface area contributed by atoms with Gasteiger partial charge < -0.3 is 10.3 Å². The van der Waals surface area contributed by atoms with Crippen molar-refractivity contribution in [1.82, 2.24) is 10.3 Å². The number of fused-ring (bicyclic) bond motifs is 3. The second-order valence-electron chi connectivity index (χ2n) is 6.49. The van der Waals surface area contributed by atoms with Crippen LogP contribution in [-0.2, 0) is 17.8 Å². The van der Waals surface area contributed by atoms with Gasteiger partial charge in [-0.25, -0.2) is 0 Å². The average molecular weight is 328 g/mol. The highest BCUT2D eigenvalue weighted by Crippen LogP contribution is 2.25. The van der Waals surface area contributed by atoms with Crippen molar-refractivity contribution in [3.63, 3.8) is 0 Å². The lowest BCUT2D eigenvalue weighted by Gasteiger charge is -2.06. The van der Waals surface area contributed by atoms with Crippen LogP contribution in [0.5, 0.6) is 0 Å². The van der Waals surface area contributed by atoms with Gasteiger partial charge in [-0.15, -0.1) is 0 Å². The molecule has 0 spiro atoms. The lowest BCUT2D eigenvalue weighted by atomic mass is 10.1. The molecule has 1 aromatic heterocycles. The molecule has 4 aromatic rings. The molecule has 25 heavy (non-hydrogen) atoms. The molecular weight excluding hydrogens is 308 g/mol. The van der Waals surface area contributed by atoms with Gasteiger partial charge in [0.15, 0.2) is 0 Å². The summed E-state index contributed by atoms with van der Waals surface area (Å²) in [4.78, 5) is 15.7. The Morgan fingerprint density at radius 3 is 2.60 bits per heavy atom. The number of aryl methyl sites for hydroxylation is 1. The minimum atomic E-state index is 0.0389. The number of aromatic amines is 1. The van der Waals surface area contributed by atoms with E-state index in [0.717, 1.165) is 22.2 Å². The summed E-state index contributed by atoms with van der Waals surface area (Å²) >= 11 is 0. The minimum Gasteiger partial charge on any atom is -0.355 e. The summed E-state index contributed by atoms with van der Waals surface area (Å²) in [6.45, 7) is 2.62. The molecule has 1 heterocycles. The summed E-state index contributed by atoms with van der Waals surface area (Å²) in [7, 11) is 0. The van der Waals surface area contributed by atoms with E-state index < -0.39 is 0 Å². The number of H-pyrrole nitrogens is 1. The third-order valence-electron chi connectivity index (χ3n) is 4.51. The molecule has 0 fully saturated rings. The number of nitrogens with one attached hydrogen (secondary N) is 2. The number of benzene rings is 3. The molecule has 0 aliphatic carbocycles. The first-order valence-electron chi connectivity index (χ1n) is 8.51. The summed E-state index contributed by atoms with van der Waals surface area (Å²) in [6.07, 6.45) is 0.386. The zero-order valence-electron chi connectivity index (χ0n) is 14.2. The van der Waals surface area contributed by atoms with Gasteiger partial charge >= 0.3 is 0 Å². The molecule has 0 saturated carbocycles. The molecule has 0 aliphatic rings. The van der Waals surface area contributed by atoms with Crippen LogP contribution in [0.25, 0.3) is 21.8 Å². The van der Waals surface area contributed by atoms with E-state index in [0.29, 0.717) is 13.0 Å². The predicted molar refractivity (Wildman–Crippen MR) is 103 cm³/mol. The lowest BCUT2D eigenvalue weighted by Crippen LogP contribution is -2.24. The highest BCUT2D eigenvalue weighted by atomic mass is 16.1. The fraction of sp³-hybridized carbons (Fsp3) is 0.136. The Morgan fingerprint density at radius 1 is 0.880 bits per heavy atom. The number of carbonyl (C=O) groups is 1. The first kappa shape index (κ1) is 15.5. The zero-order chi connectivity index (χ0) is 17.2. The van der Waals surface area contributed by atoms with Crippen molar-refractivity contribution in [2.75, 3.05) is 0 Å². The fourth-order valence-corrected chi connectivity index (χ4v) is 3.28. The summed E-state index contributed by atoms with van der Waals surface area (Å²) in [5.74, 6) is 0.0389. The van der Waals surface area contributed by atoms with E-state index in [1.807, 2.05) is 30.3 Å². The van der Waals surface area contributed by atoms with Gasteiger partial charge in [0, 0.05) is 28.4 Å². The van der Waals surface area contributed by atoms with Gasteiger partial charge in [0.05, 0.1) is 6.42 Å². The van der Waals surface area contributed by atoms with Crippen LogP contribution in [0.15, 0.2) is 66.7 Å². The Hall–Kier alpha value is -3.07. The molecule has 3 aromatic carbocycles. The van der Waals surface area contributed by atoms with Gasteiger partial charge in [0.1, 0.15) is 0 Å². The molecule has 0 saturated heterocycles. The molecule has 3 nitrogen and oxygen atoms in total. The zero-order valence-corrected chi connectivity index (χ0v) is 14.2. The second-order valence-corrected chi connectivity index (χ2v) is 6.49.